The van der Waals surface area contributed by atoms with Gasteiger partial charge in [-0.15, -0.1) is 0 Å². The Bertz CT molecular complexity index is 223. The largest absolute Gasteiger partial charge is 0.374 e. The number of rotatable bonds is 2. The second-order valence-electron chi connectivity index (χ2n) is 6.64. The van der Waals surface area contributed by atoms with Crippen molar-refractivity contribution in [2.24, 2.45) is 11.3 Å². The van der Waals surface area contributed by atoms with Crippen LogP contribution in [0.3, 0.4) is 0 Å². The van der Waals surface area contributed by atoms with Crippen LogP contribution in [0, 0.1) is 11.3 Å². The molecule has 1 atom stereocenters. The molecule has 17 heavy (non-hydrogen) atoms. The first-order chi connectivity index (χ1) is 8.05. The van der Waals surface area contributed by atoms with E-state index >= 15 is 0 Å². The molecule has 0 bridgehead atoms. The fraction of sp³-hybridized carbons (Fsp3) is 1.00. The van der Waals surface area contributed by atoms with Crippen molar-refractivity contribution < 1.29 is 4.74 Å². The third kappa shape index (κ3) is 3.94. The molecule has 0 aromatic carbocycles. The van der Waals surface area contributed by atoms with E-state index in [4.69, 9.17) is 4.74 Å². The van der Waals surface area contributed by atoms with Crippen LogP contribution in [0.1, 0.15) is 33.6 Å². The predicted octanol–water partition coefficient (Wildman–Crippen LogP) is 1.73. The van der Waals surface area contributed by atoms with E-state index in [2.05, 4.69) is 31.0 Å². The minimum absolute atomic E-state index is 0.412. The minimum atomic E-state index is 0.412. The molecule has 2 heterocycles. The van der Waals surface area contributed by atoms with Crippen LogP contribution in [0.4, 0.5) is 0 Å². The molecule has 0 radical (unpaired) electrons. The number of hydrogen-bond acceptors (Lipinski definition) is 3. The van der Waals surface area contributed by atoms with Gasteiger partial charge in [0.1, 0.15) is 0 Å². The van der Waals surface area contributed by atoms with Gasteiger partial charge in [0.15, 0.2) is 0 Å². The van der Waals surface area contributed by atoms with Gasteiger partial charge in [-0.25, -0.2) is 0 Å². The molecule has 3 nitrogen and oxygen atoms in total. The van der Waals surface area contributed by atoms with Gasteiger partial charge in [0.05, 0.1) is 12.7 Å². The summed E-state index contributed by atoms with van der Waals surface area (Å²) in [5.74, 6) is 0.893. The molecule has 0 aromatic rings. The van der Waals surface area contributed by atoms with Crippen molar-refractivity contribution in [2.75, 3.05) is 39.3 Å². The molecule has 0 spiro atoms. The van der Waals surface area contributed by atoms with Gasteiger partial charge < -0.3 is 15.0 Å². The molecule has 0 aromatic heterocycles. The first kappa shape index (κ1) is 13.3. The summed E-state index contributed by atoms with van der Waals surface area (Å²) < 4.78 is 5.77. The van der Waals surface area contributed by atoms with Gasteiger partial charge in [-0.1, -0.05) is 20.8 Å². The number of ether oxygens (including phenoxy) is 1. The summed E-state index contributed by atoms with van der Waals surface area (Å²) in [5.41, 5.74) is 0.481. The lowest BCUT2D eigenvalue weighted by Crippen LogP contribution is -2.47. The van der Waals surface area contributed by atoms with Gasteiger partial charge in [-0.3, -0.25) is 0 Å². The Morgan fingerprint density at radius 3 is 2.47 bits per heavy atom. The Morgan fingerprint density at radius 2 is 1.94 bits per heavy atom. The third-order valence-electron chi connectivity index (χ3n) is 4.28. The molecule has 2 saturated heterocycles. The van der Waals surface area contributed by atoms with E-state index < -0.39 is 0 Å². The highest BCUT2D eigenvalue weighted by atomic mass is 16.5. The average molecular weight is 240 g/mol. The molecular weight excluding hydrogens is 212 g/mol. The molecule has 3 heteroatoms. The summed E-state index contributed by atoms with van der Waals surface area (Å²) in [6.07, 6.45) is 3.11. The Kier molecular flexibility index (Phi) is 4.45. The van der Waals surface area contributed by atoms with Crippen molar-refractivity contribution in [3.63, 3.8) is 0 Å². The lowest BCUT2D eigenvalue weighted by Gasteiger charge is -2.40. The highest BCUT2D eigenvalue weighted by molar-refractivity contribution is 4.82. The lowest BCUT2D eigenvalue weighted by molar-refractivity contribution is -0.00525. The quantitative estimate of drug-likeness (QED) is 0.795. The summed E-state index contributed by atoms with van der Waals surface area (Å²) in [6, 6.07) is 0. The first-order valence-electron chi connectivity index (χ1n) is 7.10. The predicted molar refractivity (Wildman–Crippen MR) is 71.2 cm³/mol. The topological polar surface area (TPSA) is 24.5 Å². The molecule has 0 aliphatic carbocycles. The normalized spacial score (nSPS) is 29.5. The molecule has 2 fully saturated rings. The van der Waals surface area contributed by atoms with E-state index in [9.17, 15) is 0 Å². The van der Waals surface area contributed by atoms with Crippen molar-refractivity contribution in [1.29, 1.82) is 0 Å². The van der Waals surface area contributed by atoms with Crippen LogP contribution in [0.15, 0.2) is 0 Å². The van der Waals surface area contributed by atoms with Crippen molar-refractivity contribution in [3.05, 3.63) is 0 Å². The number of nitrogens with zero attached hydrogens (tertiary/aromatic N) is 1. The van der Waals surface area contributed by atoms with E-state index in [1.807, 2.05) is 0 Å². The molecule has 100 valence electrons. The monoisotopic (exact) mass is 240 g/mol. The zero-order valence-electron chi connectivity index (χ0n) is 11.7. The lowest BCUT2D eigenvalue weighted by atomic mass is 9.75. The van der Waals surface area contributed by atoms with Gasteiger partial charge in [0.2, 0.25) is 0 Å². The molecule has 0 amide bonds. The first-order valence-corrected chi connectivity index (χ1v) is 7.10. The summed E-state index contributed by atoms with van der Waals surface area (Å²) in [7, 11) is 0. The maximum atomic E-state index is 5.77. The van der Waals surface area contributed by atoms with Crippen LogP contribution < -0.4 is 5.32 Å². The highest BCUT2D eigenvalue weighted by Gasteiger charge is 2.29. The van der Waals surface area contributed by atoms with Gasteiger partial charge in [-0.05, 0) is 37.3 Å². The van der Waals surface area contributed by atoms with Gasteiger partial charge in [-0.2, -0.15) is 0 Å². The van der Waals surface area contributed by atoms with Crippen LogP contribution in [-0.2, 0) is 4.74 Å². The Balaban J connectivity index is 1.71. The van der Waals surface area contributed by atoms with Crippen molar-refractivity contribution in [1.82, 2.24) is 10.2 Å². The van der Waals surface area contributed by atoms with Crippen LogP contribution in [0.2, 0.25) is 0 Å². The van der Waals surface area contributed by atoms with E-state index in [1.54, 1.807) is 0 Å². The van der Waals surface area contributed by atoms with Crippen molar-refractivity contribution in [2.45, 2.75) is 39.7 Å². The summed E-state index contributed by atoms with van der Waals surface area (Å²) in [6.45, 7) is 13.7. The van der Waals surface area contributed by atoms with Crippen LogP contribution in [-0.4, -0.2) is 50.3 Å². The van der Waals surface area contributed by atoms with E-state index in [-0.39, 0.29) is 0 Å². The number of likely N-dealkylation sites (tertiary alicyclic amines) is 1. The summed E-state index contributed by atoms with van der Waals surface area (Å²) >= 11 is 0. The van der Waals surface area contributed by atoms with Crippen molar-refractivity contribution in [3.8, 4) is 0 Å². The molecule has 2 aliphatic heterocycles. The van der Waals surface area contributed by atoms with Crippen LogP contribution >= 0.6 is 0 Å². The van der Waals surface area contributed by atoms with Crippen LogP contribution in [0.25, 0.3) is 0 Å². The summed E-state index contributed by atoms with van der Waals surface area (Å²) in [5, 5.41) is 3.41. The Labute approximate surface area is 106 Å². The zero-order chi connectivity index (χ0) is 12.3. The van der Waals surface area contributed by atoms with Crippen LogP contribution in [0.5, 0.6) is 0 Å². The summed E-state index contributed by atoms with van der Waals surface area (Å²) in [4.78, 5) is 2.58. The Morgan fingerprint density at radius 1 is 1.24 bits per heavy atom. The van der Waals surface area contributed by atoms with Gasteiger partial charge >= 0.3 is 0 Å². The molecular formula is C14H28N2O. The number of hydrogen-bond donors (Lipinski definition) is 1. The standard InChI is InChI=1S/C14H28N2O/c1-14(2,3)12-4-7-16(8-5-12)11-13-10-15-6-9-17-13/h12-13,15H,4-11H2,1-3H3. The van der Waals surface area contributed by atoms with Crippen molar-refractivity contribution >= 4 is 0 Å². The maximum Gasteiger partial charge on any atom is 0.0826 e. The SMILES string of the molecule is CC(C)(C)C1CCN(CC2CNCCO2)CC1. The van der Waals surface area contributed by atoms with E-state index in [0.29, 0.717) is 11.5 Å². The fourth-order valence-corrected chi connectivity index (χ4v) is 3.01. The average Bonchev–Trinajstić information content (AvgIpc) is 2.30. The number of piperidine rings is 1. The Hall–Kier alpha value is -0.120. The second kappa shape index (κ2) is 5.68. The second-order valence-corrected chi connectivity index (χ2v) is 6.64. The van der Waals surface area contributed by atoms with Gasteiger partial charge in [0, 0.05) is 19.6 Å². The molecule has 0 saturated carbocycles. The third-order valence-corrected chi connectivity index (χ3v) is 4.28. The minimum Gasteiger partial charge on any atom is -0.374 e. The molecule has 1 N–H and O–H groups in total. The van der Waals surface area contributed by atoms with E-state index in [1.165, 1.54) is 25.9 Å². The number of morpholine rings is 1. The number of nitrogens with one attached hydrogen (secondary N) is 1. The maximum absolute atomic E-state index is 5.77. The molecule has 1 unspecified atom stereocenters. The zero-order valence-corrected chi connectivity index (χ0v) is 11.7. The fourth-order valence-electron chi connectivity index (χ4n) is 3.01. The smallest absolute Gasteiger partial charge is 0.0826 e. The molecule has 2 rings (SSSR count). The van der Waals surface area contributed by atoms with Gasteiger partial charge in [0.25, 0.3) is 0 Å². The molecule has 2 aliphatic rings. The highest BCUT2D eigenvalue weighted by Crippen LogP contribution is 2.34. The van der Waals surface area contributed by atoms with E-state index in [0.717, 1.165) is 32.2 Å².